The molecular formula is C12H26N2OS. The Morgan fingerprint density at radius 2 is 2.06 bits per heavy atom. The van der Waals surface area contributed by atoms with E-state index in [1.54, 1.807) is 0 Å². The summed E-state index contributed by atoms with van der Waals surface area (Å²) >= 11 is 1.83. The van der Waals surface area contributed by atoms with Gasteiger partial charge in [0, 0.05) is 25.6 Å². The first-order valence-corrected chi connectivity index (χ1v) is 7.40. The molecule has 1 amide bonds. The van der Waals surface area contributed by atoms with Crippen LogP contribution < -0.4 is 5.32 Å². The summed E-state index contributed by atoms with van der Waals surface area (Å²) in [6.07, 6.45) is 3.76. The number of amides is 1. The Labute approximate surface area is 104 Å². The fraction of sp³-hybridized carbons (Fsp3) is 0.917. The molecule has 0 heterocycles. The number of carbonyl (C=O) groups excluding carboxylic acids is 1. The third kappa shape index (κ3) is 6.38. The molecule has 0 saturated carbocycles. The standard InChI is InChI=1S/C12H26N2OS/c1-6-13-10(2)9-12(15)14(4)11(3)7-8-16-5/h10-11,13H,6-9H2,1-5H3. The lowest BCUT2D eigenvalue weighted by Crippen LogP contribution is -2.39. The largest absolute Gasteiger partial charge is 0.343 e. The first-order chi connectivity index (χ1) is 7.52. The molecule has 1 N–H and O–H groups in total. The van der Waals surface area contributed by atoms with Gasteiger partial charge in [-0.1, -0.05) is 6.92 Å². The molecule has 0 fully saturated rings. The molecule has 0 spiro atoms. The van der Waals surface area contributed by atoms with Crippen molar-refractivity contribution in [1.29, 1.82) is 0 Å². The van der Waals surface area contributed by atoms with Crippen molar-refractivity contribution in [3.63, 3.8) is 0 Å². The molecule has 0 rings (SSSR count). The molecule has 0 aromatic rings. The second-order valence-corrected chi connectivity index (χ2v) is 5.28. The lowest BCUT2D eigenvalue weighted by molar-refractivity contribution is -0.132. The summed E-state index contributed by atoms with van der Waals surface area (Å²) in [6.45, 7) is 7.15. The summed E-state index contributed by atoms with van der Waals surface area (Å²) in [5.41, 5.74) is 0. The second-order valence-electron chi connectivity index (χ2n) is 4.30. The van der Waals surface area contributed by atoms with Crippen LogP contribution in [0, 0.1) is 0 Å². The van der Waals surface area contributed by atoms with Gasteiger partial charge in [-0.2, -0.15) is 11.8 Å². The highest BCUT2D eigenvalue weighted by atomic mass is 32.2. The van der Waals surface area contributed by atoms with E-state index in [9.17, 15) is 4.79 Å². The highest BCUT2D eigenvalue weighted by molar-refractivity contribution is 7.98. The number of thioether (sulfide) groups is 1. The van der Waals surface area contributed by atoms with Gasteiger partial charge in [-0.15, -0.1) is 0 Å². The molecule has 2 unspecified atom stereocenters. The maximum absolute atomic E-state index is 11.9. The van der Waals surface area contributed by atoms with E-state index in [1.165, 1.54) is 0 Å². The molecule has 0 bridgehead atoms. The highest BCUT2D eigenvalue weighted by Crippen LogP contribution is 2.08. The van der Waals surface area contributed by atoms with Gasteiger partial charge < -0.3 is 10.2 Å². The van der Waals surface area contributed by atoms with E-state index in [1.807, 2.05) is 23.7 Å². The van der Waals surface area contributed by atoms with Crippen molar-refractivity contribution in [1.82, 2.24) is 10.2 Å². The minimum absolute atomic E-state index is 0.238. The molecule has 16 heavy (non-hydrogen) atoms. The molecule has 0 aliphatic heterocycles. The van der Waals surface area contributed by atoms with Crippen molar-refractivity contribution < 1.29 is 4.79 Å². The van der Waals surface area contributed by atoms with Crippen LogP contribution in [-0.2, 0) is 4.79 Å². The molecule has 96 valence electrons. The summed E-state index contributed by atoms with van der Waals surface area (Å²) in [6, 6.07) is 0.612. The van der Waals surface area contributed by atoms with Crippen LogP contribution in [0.4, 0.5) is 0 Å². The molecule has 0 aromatic carbocycles. The van der Waals surface area contributed by atoms with Gasteiger partial charge in [0.05, 0.1) is 0 Å². The Bertz CT molecular complexity index is 199. The predicted octanol–water partition coefficient (Wildman–Crippen LogP) is 1.97. The Kier molecular flexibility index (Phi) is 8.76. The highest BCUT2D eigenvalue weighted by Gasteiger charge is 2.17. The number of nitrogens with one attached hydrogen (secondary N) is 1. The van der Waals surface area contributed by atoms with Crippen LogP contribution in [0.2, 0.25) is 0 Å². The maximum Gasteiger partial charge on any atom is 0.224 e. The summed E-state index contributed by atoms with van der Waals surface area (Å²) in [5, 5.41) is 3.26. The minimum Gasteiger partial charge on any atom is -0.343 e. The average Bonchev–Trinajstić information content (AvgIpc) is 2.24. The first-order valence-electron chi connectivity index (χ1n) is 6.00. The van der Waals surface area contributed by atoms with Gasteiger partial charge in [0.25, 0.3) is 0 Å². The third-order valence-electron chi connectivity index (χ3n) is 2.83. The van der Waals surface area contributed by atoms with Gasteiger partial charge in [0.2, 0.25) is 5.91 Å². The Morgan fingerprint density at radius 1 is 1.44 bits per heavy atom. The molecule has 0 aliphatic carbocycles. The molecule has 0 radical (unpaired) electrons. The number of rotatable bonds is 8. The molecule has 2 atom stereocenters. The summed E-state index contributed by atoms with van der Waals surface area (Å²) < 4.78 is 0. The zero-order valence-corrected chi connectivity index (χ0v) is 12.1. The van der Waals surface area contributed by atoms with Gasteiger partial charge in [-0.05, 0) is 38.8 Å². The Balaban J connectivity index is 3.96. The summed E-state index contributed by atoms with van der Waals surface area (Å²) in [5.74, 6) is 1.35. The van der Waals surface area contributed by atoms with Crippen LogP contribution in [0.15, 0.2) is 0 Å². The second kappa shape index (κ2) is 8.88. The normalized spacial score (nSPS) is 14.6. The summed E-state index contributed by atoms with van der Waals surface area (Å²) in [4.78, 5) is 13.8. The number of nitrogens with zero attached hydrogens (tertiary/aromatic N) is 1. The lowest BCUT2D eigenvalue weighted by atomic mass is 10.1. The maximum atomic E-state index is 11.9. The Hall–Kier alpha value is -0.220. The van der Waals surface area contributed by atoms with Crippen molar-refractivity contribution >= 4 is 17.7 Å². The van der Waals surface area contributed by atoms with Gasteiger partial charge in [0.15, 0.2) is 0 Å². The van der Waals surface area contributed by atoms with Crippen LogP contribution in [0.5, 0.6) is 0 Å². The zero-order valence-electron chi connectivity index (χ0n) is 11.2. The predicted molar refractivity (Wildman–Crippen MR) is 73.0 cm³/mol. The van der Waals surface area contributed by atoms with Crippen LogP contribution in [0.25, 0.3) is 0 Å². The van der Waals surface area contributed by atoms with Gasteiger partial charge in [-0.25, -0.2) is 0 Å². The first kappa shape index (κ1) is 15.8. The molecule has 0 saturated heterocycles. The summed E-state index contributed by atoms with van der Waals surface area (Å²) in [7, 11) is 1.91. The molecular weight excluding hydrogens is 220 g/mol. The van der Waals surface area contributed by atoms with E-state index in [0.717, 1.165) is 18.7 Å². The minimum atomic E-state index is 0.238. The van der Waals surface area contributed by atoms with E-state index in [-0.39, 0.29) is 11.9 Å². The van der Waals surface area contributed by atoms with Crippen molar-refractivity contribution in [2.24, 2.45) is 0 Å². The van der Waals surface area contributed by atoms with E-state index in [0.29, 0.717) is 12.5 Å². The molecule has 0 aliphatic rings. The van der Waals surface area contributed by atoms with E-state index >= 15 is 0 Å². The van der Waals surface area contributed by atoms with Crippen LogP contribution in [0.1, 0.15) is 33.6 Å². The molecule has 4 heteroatoms. The quantitative estimate of drug-likeness (QED) is 0.711. The fourth-order valence-electron chi connectivity index (χ4n) is 1.55. The number of hydrogen-bond donors (Lipinski definition) is 1. The number of hydrogen-bond acceptors (Lipinski definition) is 3. The van der Waals surface area contributed by atoms with Crippen LogP contribution in [-0.4, -0.2) is 48.5 Å². The van der Waals surface area contributed by atoms with Gasteiger partial charge in [0.1, 0.15) is 0 Å². The van der Waals surface area contributed by atoms with Gasteiger partial charge in [-0.3, -0.25) is 4.79 Å². The lowest BCUT2D eigenvalue weighted by Gasteiger charge is -2.26. The van der Waals surface area contributed by atoms with Crippen LogP contribution >= 0.6 is 11.8 Å². The van der Waals surface area contributed by atoms with Crippen molar-refractivity contribution in [2.75, 3.05) is 25.6 Å². The zero-order chi connectivity index (χ0) is 12.6. The number of carbonyl (C=O) groups is 1. The fourth-order valence-corrected chi connectivity index (χ4v) is 2.13. The van der Waals surface area contributed by atoms with Gasteiger partial charge >= 0.3 is 0 Å². The monoisotopic (exact) mass is 246 g/mol. The third-order valence-corrected chi connectivity index (χ3v) is 3.47. The van der Waals surface area contributed by atoms with E-state index in [2.05, 4.69) is 32.3 Å². The van der Waals surface area contributed by atoms with E-state index < -0.39 is 0 Å². The Morgan fingerprint density at radius 3 is 2.56 bits per heavy atom. The average molecular weight is 246 g/mol. The van der Waals surface area contributed by atoms with Crippen molar-refractivity contribution in [2.45, 2.75) is 45.7 Å². The van der Waals surface area contributed by atoms with Crippen LogP contribution in [0.3, 0.4) is 0 Å². The molecule has 3 nitrogen and oxygen atoms in total. The smallest absolute Gasteiger partial charge is 0.224 e. The van der Waals surface area contributed by atoms with E-state index in [4.69, 9.17) is 0 Å². The topological polar surface area (TPSA) is 32.3 Å². The molecule has 0 aromatic heterocycles. The van der Waals surface area contributed by atoms with Crippen molar-refractivity contribution in [3.8, 4) is 0 Å². The SMILES string of the molecule is CCNC(C)CC(=O)N(C)C(C)CCSC. The van der Waals surface area contributed by atoms with Crippen molar-refractivity contribution in [3.05, 3.63) is 0 Å².